The minimum atomic E-state index is -1.63. The first-order valence-corrected chi connectivity index (χ1v) is 8.70. The van der Waals surface area contributed by atoms with Crippen molar-refractivity contribution in [3.05, 3.63) is 57.7 Å². The second-order valence-electron chi connectivity index (χ2n) is 6.49. The van der Waals surface area contributed by atoms with E-state index in [2.05, 4.69) is 5.32 Å². The van der Waals surface area contributed by atoms with Crippen molar-refractivity contribution >= 4 is 11.9 Å². The lowest BCUT2D eigenvalue weighted by Crippen LogP contribution is -2.47. The van der Waals surface area contributed by atoms with Crippen LogP contribution in [0.1, 0.15) is 17.5 Å². The van der Waals surface area contributed by atoms with Gasteiger partial charge in [-0.15, -0.1) is 0 Å². The molecule has 1 aromatic carbocycles. The van der Waals surface area contributed by atoms with Crippen LogP contribution in [0.5, 0.6) is 0 Å². The number of carboxylic acids is 1. The number of nitrogens with one attached hydrogen (secondary N) is 1. The minimum absolute atomic E-state index is 0.0179. The molecule has 4 N–H and O–H groups in total. The molecule has 2 aliphatic rings. The summed E-state index contributed by atoms with van der Waals surface area (Å²) in [6, 6.07) is 5.74. The van der Waals surface area contributed by atoms with Crippen LogP contribution in [0.15, 0.2) is 40.8 Å². The van der Waals surface area contributed by atoms with Gasteiger partial charge >= 0.3 is 5.97 Å². The number of aliphatic hydroxyl groups is 2. The van der Waals surface area contributed by atoms with Gasteiger partial charge in [0.05, 0.1) is 24.8 Å². The van der Waals surface area contributed by atoms with E-state index < -0.39 is 41.8 Å². The van der Waals surface area contributed by atoms with Crippen molar-refractivity contribution in [2.45, 2.75) is 19.2 Å². The van der Waals surface area contributed by atoms with E-state index in [1.54, 1.807) is 0 Å². The van der Waals surface area contributed by atoms with Crippen LogP contribution in [0.3, 0.4) is 0 Å². The fraction of sp³-hybridized carbons (Fsp3) is 0.316. The fourth-order valence-electron chi connectivity index (χ4n) is 3.27. The SMILES string of the molecule is N#Cc1ccc(CN2C3=C(COCC3)C(O)=C(C(=O)NCC(=O)O)C2O)c(F)c1. The first-order chi connectivity index (χ1) is 13.8. The topological polar surface area (TPSA) is 143 Å². The minimum Gasteiger partial charge on any atom is -0.507 e. The van der Waals surface area contributed by atoms with E-state index in [-0.39, 0.29) is 29.9 Å². The molecule has 0 saturated heterocycles. The Labute approximate surface area is 164 Å². The third-order valence-electron chi connectivity index (χ3n) is 4.69. The molecule has 0 bridgehead atoms. The Morgan fingerprint density at radius 2 is 2.17 bits per heavy atom. The highest BCUT2D eigenvalue weighted by atomic mass is 19.1. The third-order valence-corrected chi connectivity index (χ3v) is 4.69. The number of carboxylic acid groups (broad SMARTS) is 1. The Balaban J connectivity index is 1.97. The maximum Gasteiger partial charge on any atom is 0.322 e. The van der Waals surface area contributed by atoms with Crippen LogP contribution in [0, 0.1) is 17.1 Å². The molecule has 1 aromatic rings. The van der Waals surface area contributed by atoms with Gasteiger partial charge in [0.1, 0.15) is 23.7 Å². The molecule has 152 valence electrons. The molecule has 3 rings (SSSR count). The molecule has 9 nitrogen and oxygen atoms in total. The number of carbonyl (C=O) groups is 2. The molecule has 0 aromatic heterocycles. The van der Waals surface area contributed by atoms with E-state index in [9.17, 15) is 24.2 Å². The Bertz CT molecular complexity index is 965. The first-order valence-electron chi connectivity index (χ1n) is 8.70. The summed E-state index contributed by atoms with van der Waals surface area (Å²) in [7, 11) is 0. The van der Waals surface area contributed by atoms with E-state index in [1.165, 1.54) is 17.0 Å². The van der Waals surface area contributed by atoms with E-state index >= 15 is 0 Å². The van der Waals surface area contributed by atoms with Crippen LogP contribution in [0.2, 0.25) is 0 Å². The normalized spacial score (nSPS) is 18.9. The van der Waals surface area contributed by atoms with Crippen molar-refractivity contribution in [1.82, 2.24) is 10.2 Å². The molecule has 1 unspecified atom stereocenters. The second-order valence-corrected chi connectivity index (χ2v) is 6.49. The lowest BCUT2D eigenvalue weighted by atomic mass is 9.95. The fourth-order valence-corrected chi connectivity index (χ4v) is 3.27. The van der Waals surface area contributed by atoms with Crippen molar-refractivity contribution in [2.75, 3.05) is 19.8 Å². The standard InChI is InChI=1S/C19H18FN3O6/c20-13-5-10(6-21)1-2-11(13)8-23-14-3-4-29-9-12(14)17(26)16(19(23)28)18(27)22-7-15(24)25/h1-2,5,19,26,28H,3-4,7-9H2,(H,22,27)(H,24,25). The lowest BCUT2D eigenvalue weighted by Gasteiger charge is -2.40. The number of amides is 1. The molecule has 0 radical (unpaired) electrons. The predicted molar refractivity (Wildman–Crippen MR) is 95.4 cm³/mol. The highest BCUT2D eigenvalue weighted by Gasteiger charge is 2.38. The smallest absolute Gasteiger partial charge is 0.322 e. The average molecular weight is 403 g/mol. The summed E-state index contributed by atoms with van der Waals surface area (Å²) >= 11 is 0. The third kappa shape index (κ3) is 4.06. The number of carbonyl (C=O) groups excluding carboxylic acids is 1. The molecule has 29 heavy (non-hydrogen) atoms. The van der Waals surface area contributed by atoms with E-state index in [0.29, 0.717) is 18.7 Å². The summed E-state index contributed by atoms with van der Waals surface area (Å²) in [6.07, 6.45) is -1.31. The van der Waals surface area contributed by atoms with Gasteiger partial charge in [-0.05, 0) is 12.1 Å². The Morgan fingerprint density at radius 1 is 1.41 bits per heavy atom. The number of aliphatic hydroxyl groups excluding tert-OH is 2. The van der Waals surface area contributed by atoms with Crippen LogP contribution in [0.25, 0.3) is 0 Å². The van der Waals surface area contributed by atoms with Gasteiger partial charge in [-0.1, -0.05) is 6.07 Å². The summed E-state index contributed by atoms with van der Waals surface area (Å²) in [5, 5.41) is 41.0. The Morgan fingerprint density at radius 3 is 2.83 bits per heavy atom. The van der Waals surface area contributed by atoms with Crippen molar-refractivity contribution in [3.8, 4) is 6.07 Å². The van der Waals surface area contributed by atoms with Crippen LogP contribution in [0.4, 0.5) is 4.39 Å². The lowest BCUT2D eigenvalue weighted by molar-refractivity contribution is -0.137. The summed E-state index contributed by atoms with van der Waals surface area (Å²) in [6.45, 7) is -0.544. The predicted octanol–water partition coefficient (Wildman–Crippen LogP) is 0.519. The van der Waals surface area contributed by atoms with E-state index in [1.807, 2.05) is 6.07 Å². The Hall–Kier alpha value is -3.42. The number of hydrogen-bond acceptors (Lipinski definition) is 7. The van der Waals surface area contributed by atoms with E-state index in [4.69, 9.17) is 15.1 Å². The van der Waals surface area contributed by atoms with Gasteiger partial charge in [-0.25, -0.2) is 4.39 Å². The van der Waals surface area contributed by atoms with Gasteiger partial charge in [0, 0.05) is 29.8 Å². The molecule has 1 amide bonds. The van der Waals surface area contributed by atoms with Crippen molar-refractivity contribution in [2.24, 2.45) is 0 Å². The molecule has 0 saturated carbocycles. The summed E-state index contributed by atoms with van der Waals surface area (Å²) < 4.78 is 19.7. The first kappa shape index (κ1) is 20.3. The molecular formula is C19H18FN3O6. The van der Waals surface area contributed by atoms with Gasteiger partial charge in [0.2, 0.25) is 0 Å². The highest BCUT2D eigenvalue weighted by molar-refractivity contribution is 5.97. The number of rotatable bonds is 5. The molecule has 0 fully saturated rings. The highest BCUT2D eigenvalue weighted by Crippen LogP contribution is 2.35. The molecule has 1 atom stereocenters. The van der Waals surface area contributed by atoms with Crippen LogP contribution in [-0.4, -0.2) is 58.1 Å². The molecule has 2 aliphatic heterocycles. The zero-order valence-corrected chi connectivity index (χ0v) is 15.2. The van der Waals surface area contributed by atoms with Gasteiger partial charge in [-0.2, -0.15) is 5.26 Å². The van der Waals surface area contributed by atoms with Gasteiger partial charge in [0.25, 0.3) is 5.91 Å². The molecular weight excluding hydrogens is 385 g/mol. The summed E-state index contributed by atoms with van der Waals surface area (Å²) in [5.41, 5.74) is 0.649. The maximum atomic E-state index is 14.4. The monoisotopic (exact) mass is 403 g/mol. The molecule has 0 spiro atoms. The number of benzene rings is 1. The van der Waals surface area contributed by atoms with E-state index in [0.717, 1.165) is 6.07 Å². The zero-order chi connectivity index (χ0) is 21.1. The van der Waals surface area contributed by atoms with Gasteiger partial charge in [0.15, 0.2) is 6.23 Å². The molecule has 10 heteroatoms. The summed E-state index contributed by atoms with van der Waals surface area (Å²) in [4.78, 5) is 24.5. The largest absolute Gasteiger partial charge is 0.507 e. The van der Waals surface area contributed by atoms with Crippen LogP contribution >= 0.6 is 0 Å². The van der Waals surface area contributed by atoms with Crippen LogP contribution < -0.4 is 5.32 Å². The number of nitriles is 1. The van der Waals surface area contributed by atoms with Gasteiger partial charge in [-0.3, -0.25) is 9.59 Å². The summed E-state index contributed by atoms with van der Waals surface area (Å²) in [5.74, 6) is -3.38. The Kier molecular flexibility index (Phi) is 5.81. The van der Waals surface area contributed by atoms with Crippen molar-refractivity contribution < 1.29 is 34.0 Å². The van der Waals surface area contributed by atoms with Crippen LogP contribution in [-0.2, 0) is 20.9 Å². The molecule has 2 heterocycles. The average Bonchev–Trinajstić information content (AvgIpc) is 2.70. The number of aliphatic carboxylic acids is 1. The second kappa shape index (κ2) is 8.30. The van der Waals surface area contributed by atoms with Crippen molar-refractivity contribution in [1.29, 1.82) is 5.26 Å². The number of halogens is 1. The number of hydrogen-bond donors (Lipinski definition) is 4. The zero-order valence-electron chi connectivity index (χ0n) is 15.2. The number of ether oxygens (including phenoxy) is 1. The number of nitrogens with zero attached hydrogens (tertiary/aromatic N) is 2. The molecule has 0 aliphatic carbocycles. The van der Waals surface area contributed by atoms with Crippen molar-refractivity contribution in [3.63, 3.8) is 0 Å². The quantitative estimate of drug-likeness (QED) is 0.557. The van der Waals surface area contributed by atoms with Gasteiger partial charge < -0.3 is 30.3 Å². The maximum absolute atomic E-state index is 14.4.